The van der Waals surface area contributed by atoms with Crippen LogP contribution >= 0.6 is 11.8 Å². The highest BCUT2D eigenvalue weighted by molar-refractivity contribution is 8.00. The smallest absolute Gasteiger partial charge is 0.337 e. The molecule has 0 saturated heterocycles. The zero-order chi connectivity index (χ0) is 27.8. The predicted molar refractivity (Wildman–Crippen MR) is 159 cm³/mol. The molecule has 4 rings (SSSR count). The van der Waals surface area contributed by atoms with Crippen molar-refractivity contribution < 1.29 is 19.1 Å². The van der Waals surface area contributed by atoms with Gasteiger partial charge in [-0.25, -0.2) is 4.79 Å². The highest BCUT2D eigenvalue weighted by Crippen LogP contribution is 2.37. The molecule has 0 spiro atoms. The normalized spacial score (nSPS) is 14.9. The lowest BCUT2D eigenvalue weighted by Gasteiger charge is -2.22. The van der Waals surface area contributed by atoms with E-state index in [9.17, 15) is 9.59 Å². The summed E-state index contributed by atoms with van der Waals surface area (Å²) in [7, 11) is 1.36. The third-order valence-corrected chi connectivity index (χ3v) is 8.45. The molecule has 3 aromatic carbocycles. The molecule has 1 unspecified atom stereocenters. The summed E-state index contributed by atoms with van der Waals surface area (Å²) in [5.41, 5.74) is 3.34. The average molecular weight is 546 g/mol. The molecule has 1 amide bonds. The molecular weight excluding hydrogens is 506 g/mol. The maximum atomic E-state index is 13.6. The summed E-state index contributed by atoms with van der Waals surface area (Å²) >= 11 is 1.45. The number of hydrogen-bond acceptors (Lipinski definition) is 5. The van der Waals surface area contributed by atoms with Crippen LogP contribution in [0.25, 0.3) is 0 Å². The van der Waals surface area contributed by atoms with Gasteiger partial charge in [0, 0.05) is 10.6 Å². The van der Waals surface area contributed by atoms with Gasteiger partial charge in [-0.15, -0.1) is 11.8 Å². The van der Waals surface area contributed by atoms with E-state index in [0.29, 0.717) is 11.5 Å². The quantitative estimate of drug-likeness (QED) is 0.217. The second-order valence-electron chi connectivity index (χ2n) is 11.2. The number of anilines is 1. The fourth-order valence-corrected chi connectivity index (χ4v) is 5.79. The molecule has 0 aromatic heterocycles. The second kappa shape index (κ2) is 13.2. The van der Waals surface area contributed by atoms with E-state index in [1.165, 1.54) is 56.5 Å². The van der Waals surface area contributed by atoms with Crippen LogP contribution in [0.2, 0.25) is 0 Å². The maximum absolute atomic E-state index is 13.6. The summed E-state index contributed by atoms with van der Waals surface area (Å²) in [5, 5.41) is 2.61. The molecule has 1 fully saturated rings. The molecule has 1 aliphatic carbocycles. The van der Waals surface area contributed by atoms with E-state index >= 15 is 0 Å². The van der Waals surface area contributed by atoms with Crippen LogP contribution in [-0.4, -0.2) is 25.6 Å². The van der Waals surface area contributed by atoms with E-state index in [1.54, 1.807) is 12.1 Å². The maximum Gasteiger partial charge on any atom is 0.337 e. The SMILES string of the molecule is COC(=O)c1ccc(SC(C(=O)Nc2ccc(OCC3CCCCC3)cc2)c2ccc(C(C)(C)C)cc2)cc1. The molecule has 3 aromatic rings. The van der Waals surface area contributed by atoms with Crippen LogP contribution in [-0.2, 0) is 14.9 Å². The molecule has 1 saturated carbocycles. The Morgan fingerprint density at radius 2 is 1.54 bits per heavy atom. The number of rotatable bonds is 9. The summed E-state index contributed by atoms with van der Waals surface area (Å²) in [6.45, 7) is 7.27. The van der Waals surface area contributed by atoms with Gasteiger partial charge in [-0.2, -0.15) is 0 Å². The summed E-state index contributed by atoms with van der Waals surface area (Å²) in [4.78, 5) is 26.3. The van der Waals surface area contributed by atoms with E-state index in [4.69, 9.17) is 9.47 Å². The van der Waals surface area contributed by atoms with Crippen molar-refractivity contribution in [1.29, 1.82) is 0 Å². The van der Waals surface area contributed by atoms with Crippen molar-refractivity contribution in [1.82, 2.24) is 0 Å². The number of thioether (sulfide) groups is 1. The average Bonchev–Trinajstić information content (AvgIpc) is 2.95. The van der Waals surface area contributed by atoms with E-state index in [-0.39, 0.29) is 17.3 Å². The summed E-state index contributed by atoms with van der Waals surface area (Å²) in [6.07, 6.45) is 6.42. The second-order valence-corrected chi connectivity index (χ2v) is 12.4. The van der Waals surface area contributed by atoms with E-state index < -0.39 is 5.25 Å². The Balaban J connectivity index is 1.47. The standard InChI is InChI=1S/C33H39NO4S/c1-33(2,3)26-14-10-24(11-15-26)30(39-29-20-12-25(13-21-29)32(36)37-4)31(35)34-27-16-18-28(19-17-27)38-22-23-8-6-5-7-9-23/h10-21,23,30H,5-9,22H2,1-4H3,(H,34,35). The molecule has 1 aliphatic rings. The van der Waals surface area contributed by atoms with Crippen molar-refractivity contribution in [3.8, 4) is 5.75 Å². The van der Waals surface area contributed by atoms with Gasteiger partial charge in [-0.3, -0.25) is 4.79 Å². The van der Waals surface area contributed by atoms with Crippen molar-refractivity contribution in [2.75, 3.05) is 19.0 Å². The summed E-state index contributed by atoms with van der Waals surface area (Å²) < 4.78 is 10.8. The lowest BCUT2D eigenvalue weighted by molar-refractivity contribution is -0.115. The van der Waals surface area contributed by atoms with E-state index in [2.05, 4.69) is 38.2 Å². The summed E-state index contributed by atoms with van der Waals surface area (Å²) in [6, 6.07) is 23.0. The van der Waals surface area contributed by atoms with Crippen LogP contribution < -0.4 is 10.1 Å². The van der Waals surface area contributed by atoms with Gasteiger partial charge in [0.1, 0.15) is 11.0 Å². The highest BCUT2D eigenvalue weighted by Gasteiger charge is 2.24. The topological polar surface area (TPSA) is 64.6 Å². The summed E-state index contributed by atoms with van der Waals surface area (Å²) in [5.74, 6) is 0.969. The van der Waals surface area contributed by atoms with Crippen LogP contribution in [0.4, 0.5) is 5.69 Å². The molecular formula is C33H39NO4S. The Morgan fingerprint density at radius 1 is 0.897 bits per heavy atom. The first-order chi connectivity index (χ1) is 18.7. The molecule has 0 aliphatic heterocycles. The van der Waals surface area contributed by atoms with Crippen molar-refractivity contribution >= 4 is 29.3 Å². The first-order valence-electron chi connectivity index (χ1n) is 13.7. The first-order valence-corrected chi connectivity index (χ1v) is 14.6. The lowest BCUT2D eigenvalue weighted by atomic mass is 9.86. The minimum absolute atomic E-state index is 0.0218. The van der Waals surface area contributed by atoms with Gasteiger partial charge in [0.25, 0.3) is 0 Å². The van der Waals surface area contributed by atoms with Crippen molar-refractivity contribution in [2.45, 2.75) is 68.4 Å². The fourth-order valence-electron chi connectivity index (χ4n) is 4.76. The van der Waals surface area contributed by atoms with E-state index in [1.807, 2.05) is 48.5 Å². The number of ether oxygens (including phenoxy) is 2. The Labute approximate surface area is 236 Å². The molecule has 1 N–H and O–H groups in total. The van der Waals surface area contributed by atoms with Crippen LogP contribution in [0.5, 0.6) is 5.75 Å². The minimum Gasteiger partial charge on any atom is -0.493 e. The van der Waals surface area contributed by atoms with Gasteiger partial charge < -0.3 is 14.8 Å². The van der Waals surface area contributed by atoms with Crippen LogP contribution in [0.3, 0.4) is 0 Å². The van der Waals surface area contributed by atoms with Crippen LogP contribution in [0.15, 0.2) is 77.7 Å². The minimum atomic E-state index is -0.481. The zero-order valence-corrected chi connectivity index (χ0v) is 24.2. The van der Waals surface area contributed by atoms with Gasteiger partial charge >= 0.3 is 5.97 Å². The number of carbonyl (C=O) groups is 2. The Morgan fingerprint density at radius 3 is 2.13 bits per heavy atom. The lowest BCUT2D eigenvalue weighted by Crippen LogP contribution is -2.19. The van der Waals surface area contributed by atoms with Gasteiger partial charge in [0.2, 0.25) is 5.91 Å². The molecule has 6 heteroatoms. The third-order valence-electron chi connectivity index (χ3n) is 7.18. The molecule has 39 heavy (non-hydrogen) atoms. The van der Waals surface area contributed by atoms with Gasteiger partial charge in [-0.1, -0.05) is 64.3 Å². The van der Waals surface area contributed by atoms with Crippen LogP contribution in [0.1, 0.15) is 79.6 Å². The van der Waals surface area contributed by atoms with E-state index in [0.717, 1.165) is 28.5 Å². The number of methoxy groups -OCH3 is 1. The molecule has 5 nitrogen and oxygen atoms in total. The Bertz CT molecular complexity index is 1220. The number of esters is 1. The Kier molecular flexibility index (Phi) is 9.73. The number of nitrogens with one attached hydrogen (secondary N) is 1. The number of hydrogen-bond donors (Lipinski definition) is 1. The van der Waals surface area contributed by atoms with Gasteiger partial charge in [0.05, 0.1) is 19.3 Å². The third kappa shape index (κ3) is 8.12. The van der Waals surface area contributed by atoms with Gasteiger partial charge in [0.15, 0.2) is 0 Å². The first kappa shape index (κ1) is 28.8. The highest BCUT2D eigenvalue weighted by atomic mass is 32.2. The zero-order valence-electron chi connectivity index (χ0n) is 23.4. The predicted octanol–water partition coefficient (Wildman–Crippen LogP) is 8.20. The number of carbonyl (C=O) groups excluding carboxylic acids is 2. The van der Waals surface area contributed by atoms with Gasteiger partial charge in [-0.05, 0) is 83.8 Å². The fraction of sp³-hybridized carbons (Fsp3) is 0.394. The molecule has 206 valence electrons. The number of benzene rings is 3. The van der Waals surface area contributed by atoms with Crippen LogP contribution in [0, 0.1) is 5.92 Å². The molecule has 0 radical (unpaired) electrons. The van der Waals surface area contributed by atoms with Crippen molar-refractivity contribution in [2.24, 2.45) is 5.92 Å². The Hall–Kier alpha value is -3.25. The monoisotopic (exact) mass is 545 g/mol. The molecule has 1 atom stereocenters. The number of amides is 1. The van der Waals surface area contributed by atoms with Crippen molar-refractivity contribution in [3.63, 3.8) is 0 Å². The van der Waals surface area contributed by atoms with Crippen molar-refractivity contribution in [3.05, 3.63) is 89.5 Å². The largest absolute Gasteiger partial charge is 0.493 e. The molecule has 0 bridgehead atoms. The molecule has 0 heterocycles.